The van der Waals surface area contributed by atoms with Crippen molar-refractivity contribution in [3.63, 3.8) is 0 Å². The molecule has 1 spiro atoms. The summed E-state index contributed by atoms with van der Waals surface area (Å²) in [4.78, 5) is 18.6. The van der Waals surface area contributed by atoms with E-state index >= 15 is 0 Å². The molecule has 0 unspecified atom stereocenters. The Morgan fingerprint density at radius 2 is 2.00 bits per heavy atom. The monoisotopic (exact) mass is 408 g/mol. The van der Waals surface area contributed by atoms with Crippen LogP contribution in [0.3, 0.4) is 0 Å². The Balaban J connectivity index is 1.43. The van der Waals surface area contributed by atoms with Gasteiger partial charge in [-0.15, -0.1) is 0 Å². The summed E-state index contributed by atoms with van der Waals surface area (Å²) in [6, 6.07) is 13.4. The SMILES string of the molecule is N[C@H](Cc1c[nH]c2ccccc12)C(=O)N1CC2(CCNCC2)c2cc(Cl)ccc21. The van der Waals surface area contributed by atoms with Gasteiger partial charge in [-0.05, 0) is 67.7 Å². The van der Waals surface area contributed by atoms with Gasteiger partial charge in [0.15, 0.2) is 0 Å². The zero-order valence-corrected chi connectivity index (χ0v) is 17.0. The Bertz CT molecular complexity index is 1070. The number of nitrogens with one attached hydrogen (secondary N) is 2. The minimum Gasteiger partial charge on any atom is -0.361 e. The van der Waals surface area contributed by atoms with Gasteiger partial charge in [-0.2, -0.15) is 0 Å². The van der Waals surface area contributed by atoms with E-state index in [1.54, 1.807) is 0 Å². The summed E-state index contributed by atoms with van der Waals surface area (Å²) in [6.07, 6.45) is 4.48. The van der Waals surface area contributed by atoms with E-state index in [2.05, 4.69) is 16.4 Å². The van der Waals surface area contributed by atoms with Gasteiger partial charge in [-0.25, -0.2) is 0 Å². The highest BCUT2D eigenvalue weighted by molar-refractivity contribution is 6.30. The number of nitrogens with two attached hydrogens (primary N) is 1. The van der Waals surface area contributed by atoms with Gasteiger partial charge in [-0.3, -0.25) is 4.79 Å². The number of aromatic amines is 1. The van der Waals surface area contributed by atoms with Crippen molar-refractivity contribution in [3.8, 4) is 0 Å². The first-order valence-corrected chi connectivity index (χ1v) is 10.6. The van der Waals surface area contributed by atoms with Gasteiger partial charge in [0.1, 0.15) is 0 Å². The van der Waals surface area contributed by atoms with Gasteiger partial charge in [0.25, 0.3) is 0 Å². The number of anilines is 1. The molecule has 1 aromatic heterocycles. The number of fused-ring (bicyclic) bond motifs is 3. The largest absolute Gasteiger partial charge is 0.361 e. The molecule has 2 aromatic carbocycles. The maximum Gasteiger partial charge on any atom is 0.244 e. The van der Waals surface area contributed by atoms with Crippen LogP contribution in [0, 0.1) is 0 Å². The van der Waals surface area contributed by atoms with Gasteiger partial charge in [0.05, 0.1) is 6.04 Å². The number of hydrogen-bond donors (Lipinski definition) is 3. The second-order valence-electron chi connectivity index (χ2n) is 8.29. The zero-order valence-electron chi connectivity index (χ0n) is 16.2. The standard InChI is InChI=1S/C23H25ClN4O/c24-16-5-6-21-18(12-16)23(7-9-26-10-8-23)14-28(21)22(29)19(25)11-15-13-27-20-4-2-1-3-17(15)20/h1-6,12-13,19,26-27H,7-11,14,25H2/t19-/m1/s1. The molecule has 1 atom stereocenters. The third-order valence-electron chi connectivity index (χ3n) is 6.54. The maximum atomic E-state index is 13.4. The molecule has 5 rings (SSSR count). The molecule has 2 aliphatic heterocycles. The van der Waals surface area contributed by atoms with Crippen LogP contribution in [0.25, 0.3) is 10.9 Å². The van der Waals surface area contributed by atoms with E-state index in [0.717, 1.165) is 53.1 Å². The first-order valence-electron chi connectivity index (χ1n) is 10.2. The van der Waals surface area contributed by atoms with Gasteiger partial charge in [0, 0.05) is 39.8 Å². The lowest BCUT2D eigenvalue weighted by Crippen LogP contribution is -2.48. The van der Waals surface area contributed by atoms with Crippen LogP contribution in [-0.2, 0) is 16.6 Å². The first kappa shape index (κ1) is 18.7. The molecular formula is C23H25ClN4O. The second kappa shape index (κ2) is 7.17. The van der Waals surface area contributed by atoms with E-state index in [4.69, 9.17) is 17.3 Å². The van der Waals surface area contributed by atoms with Crippen LogP contribution >= 0.6 is 11.6 Å². The number of rotatable bonds is 3. The highest BCUT2D eigenvalue weighted by Gasteiger charge is 2.46. The van der Waals surface area contributed by atoms with Crippen molar-refractivity contribution in [1.29, 1.82) is 0 Å². The summed E-state index contributed by atoms with van der Waals surface area (Å²) in [5.74, 6) is -0.0192. The second-order valence-corrected chi connectivity index (χ2v) is 8.72. The molecule has 1 saturated heterocycles. The van der Waals surface area contributed by atoms with Crippen molar-refractivity contribution >= 4 is 34.1 Å². The fourth-order valence-electron chi connectivity index (χ4n) is 5.00. The molecular weight excluding hydrogens is 384 g/mol. The Labute approximate surface area is 175 Å². The summed E-state index contributed by atoms with van der Waals surface area (Å²) in [6.45, 7) is 2.59. The number of piperidine rings is 1. The number of nitrogens with zero attached hydrogens (tertiary/aromatic N) is 1. The molecule has 3 heterocycles. The van der Waals surface area contributed by atoms with Crippen molar-refractivity contribution in [3.05, 3.63) is 64.8 Å². The van der Waals surface area contributed by atoms with E-state index < -0.39 is 6.04 Å². The van der Waals surface area contributed by atoms with E-state index in [9.17, 15) is 4.79 Å². The van der Waals surface area contributed by atoms with E-state index in [0.29, 0.717) is 13.0 Å². The van der Waals surface area contributed by atoms with Crippen LogP contribution in [0.15, 0.2) is 48.7 Å². The third-order valence-corrected chi connectivity index (χ3v) is 6.78. The van der Waals surface area contributed by atoms with E-state index in [-0.39, 0.29) is 11.3 Å². The van der Waals surface area contributed by atoms with Crippen molar-refractivity contribution in [2.75, 3.05) is 24.5 Å². The molecule has 3 aromatic rings. The fourth-order valence-corrected chi connectivity index (χ4v) is 5.17. The van der Waals surface area contributed by atoms with Gasteiger partial charge >= 0.3 is 0 Å². The van der Waals surface area contributed by atoms with Crippen LogP contribution in [0.2, 0.25) is 5.02 Å². The molecule has 0 saturated carbocycles. The molecule has 29 heavy (non-hydrogen) atoms. The van der Waals surface area contributed by atoms with Crippen molar-refractivity contribution < 1.29 is 4.79 Å². The minimum atomic E-state index is -0.588. The Hall–Kier alpha value is -2.34. The quantitative estimate of drug-likeness (QED) is 0.622. The lowest BCUT2D eigenvalue weighted by Gasteiger charge is -2.35. The normalized spacial score (nSPS) is 18.9. The first-order chi connectivity index (χ1) is 14.1. The summed E-state index contributed by atoms with van der Waals surface area (Å²) in [5.41, 5.74) is 10.7. The highest BCUT2D eigenvalue weighted by atomic mass is 35.5. The summed E-state index contributed by atoms with van der Waals surface area (Å²) < 4.78 is 0. The number of amides is 1. The van der Waals surface area contributed by atoms with Crippen molar-refractivity contribution in [2.45, 2.75) is 30.7 Å². The molecule has 0 bridgehead atoms. The van der Waals surface area contributed by atoms with Crippen molar-refractivity contribution in [1.82, 2.24) is 10.3 Å². The molecule has 2 aliphatic rings. The smallest absolute Gasteiger partial charge is 0.244 e. The molecule has 150 valence electrons. The fraction of sp³-hybridized carbons (Fsp3) is 0.348. The van der Waals surface area contributed by atoms with E-state index in [1.807, 2.05) is 47.5 Å². The number of aromatic nitrogens is 1. The maximum absolute atomic E-state index is 13.4. The topological polar surface area (TPSA) is 74.2 Å². The molecule has 0 radical (unpaired) electrons. The van der Waals surface area contributed by atoms with Gasteiger partial charge < -0.3 is 20.9 Å². The summed E-state index contributed by atoms with van der Waals surface area (Å²) >= 11 is 6.32. The number of hydrogen-bond acceptors (Lipinski definition) is 3. The van der Waals surface area contributed by atoms with Crippen LogP contribution in [0.5, 0.6) is 0 Å². The predicted molar refractivity (Wildman–Crippen MR) is 118 cm³/mol. The van der Waals surface area contributed by atoms with Gasteiger partial charge in [0.2, 0.25) is 5.91 Å². The molecule has 6 heteroatoms. The van der Waals surface area contributed by atoms with Crippen molar-refractivity contribution in [2.24, 2.45) is 5.73 Å². The van der Waals surface area contributed by atoms with Crippen LogP contribution in [-0.4, -0.2) is 36.6 Å². The zero-order chi connectivity index (χ0) is 20.0. The lowest BCUT2D eigenvalue weighted by molar-refractivity contribution is -0.119. The minimum absolute atomic E-state index is 0.0192. The molecule has 1 amide bonds. The number of carbonyl (C=O) groups is 1. The van der Waals surface area contributed by atoms with Crippen LogP contribution < -0.4 is 16.0 Å². The predicted octanol–water partition coefficient (Wildman–Crippen LogP) is 3.36. The Morgan fingerprint density at radius 1 is 1.21 bits per heavy atom. The average molecular weight is 409 g/mol. The molecule has 1 fully saturated rings. The van der Waals surface area contributed by atoms with E-state index in [1.165, 1.54) is 5.56 Å². The number of para-hydroxylation sites is 1. The van der Waals surface area contributed by atoms with Crippen LogP contribution in [0.4, 0.5) is 5.69 Å². The molecule has 5 nitrogen and oxygen atoms in total. The Morgan fingerprint density at radius 3 is 2.83 bits per heavy atom. The Kier molecular flexibility index (Phi) is 4.62. The number of carbonyl (C=O) groups excluding carboxylic acids is 1. The molecule has 4 N–H and O–H groups in total. The molecule has 0 aliphatic carbocycles. The lowest BCUT2D eigenvalue weighted by atomic mass is 9.75. The number of benzene rings is 2. The summed E-state index contributed by atoms with van der Waals surface area (Å²) in [5, 5.41) is 5.28. The highest BCUT2D eigenvalue weighted by Crippen LogP contribution is 2.47. The summed E-state index contributed by atoms with van der Waals surface area (Å²) in [7, 11) is 0. The number of halogens is 1. The average Bonchev–Trinajstić information content (AvgIpc) is 3.28. The third kappa shape index (κ3) is 3.14. The van der Waals surface area contributed by atoms with Gasteiger partial charge in [-0.1, -0.05) is 29.8 Å². The van der Waals surface area contributed by atoms with Crippen LogP contribution in [0.1, 0.15) is 24.0 Å². The number of H-pyrrole nitrogens is 1.